The smallest absolute Gasteiger partial charge is 0.0167 e. The molecule has 0 aliphatic carbocycles. The van der Waals surface area contributed by atoms with E-state index in [-0.39, 0.29) is 0 Å². The van der Waals surface area contributed by atoms with Crippen molar-refractivity contribution in [1.29, 1.82) is 0 Å². The van der Waals surface area contributed by atoms with E-state index in [2.05, 4.69) is 49.8 Å². The highest BCUT2D eigenvalue weighted by Gasteiger charge is 1.84. The Morgan fingerprint density at radius 3 is 2.62 bits per heavy atom. The molecular weight excluding hydrogens is 156 g/mol. The Balaban J connectivity index is 2.25. The Morgan fingerprint density at radius 1 is 1.15 bits per heavy atom. The van der Waals surface area contributed by atoms with E-state index in [9.17, 15) is 0 Å². The Hall–Kier alpha value is -1.04. The van der Waals surface area contributed by atoms with Crippen LogP contribution in [0.25, 0.3) is 6.08 Å². The van der Waals surface area contributed by atoms with Crippen LogP contribution in [-0.2, 0) is 0 Å². The van der Waals surface area contributed by atoms with Gasteiger partial charge < -0.3 is 0 Å². The maximum atomic E-state index is 2.23. The van der Waals surface area contributed by atoms with Gasteiger partial charge in [-0.25, -0.2) is 0 Å². The van der Waals surface area contributed by atoms with Crippen molar-refractivity contribution in [3.05, 3.63) is 48.4 Å². The van der Waals surface area contributed by atoms with Crippen molar-refractivity contribution in [3.63, 3.8) is 0 Å². The fourth-order valence-corrected chi connectivity index (χ4v) is 1.16. The predicted molar refractivity (Wildman–Crippen MR) is 59.3 cm³/mol. The fraction of sp³-hybridized carbons (Fsp3) is 0.308. The van der Waals surface area contributed by atoms with Gasteiger partial charge in [0.05, 0.1) is 0 Å². The van der Waals surface area contributed by atoms with Gasteiger partial charge in [0.1, 0.15) is 0 Å². The summed E-state index contributed by atoms with van der Waals surface area (Å²) in [6.45, 7) is 2.22. The molecule has 13 heavy (non-hydrogen) atoms. The van der Waals surface area contributed by atoms with Crippen LogP contribution in [0, 0.1) is 6.42 Å². The molecule has 1 aromatic carbocycles. The summed E-state index contributed by atoms with van der Waals surface area (Å²) >= 11 is 0. The molecule has 0 saturated heterocycles. The number of rotatable bonds is 5. The lowest BCUT2D eigenvalue weighted by Gasteiger charge is -1.92. The van der Waals surface area contributed by atoms with Crippen molar-refractivity contribution < 1.29 is 0 Å². The number of benzene rings is 1. The lowest BCUT2D eigenvalue weighted by molar-refractivity contribution is 0.795. The molecule has 0 aliphatic rings. The summed E-state index contributed by atoms with van der Waals surface area (Å²) in [5.41, 5.74) is 1.27. The second-order valence-electron chi connectivity index (χ2n) is 3.15. The molecule has 0 nitrogen and oxygen atoms in total. The zero-order chi connectivity index (χ0) is 9.36. The second kappa shape index (κ2) is 6.47. The maximum absolute atomic E-state index is 2.23. The fourth-order valence-electron chi connectivity index (χ4n) is 1.16. The van der Waals surface area contributed by atoms with Crippen LogP contribution in [0.2, 0.25) is 0 Å². The van der Waals surface area contributed by atoms with E-state index in [4.69, 9.17) is 0 Å². The average molecular weight is 173 g/mol. The first kappa shape index (κ1) is 10.0. The van der Waals surface area contributed by atoms with Gasteiger partial charge in [-0.05, 0) is 18.4 Å². The highest BCUT2D eigenvalue weighted by Crippen LogP contribution is 2.04. The van der Waals surface area contributed by atoms with Crippen LogP contribution in [-0.4, -0.2) is 0 Å². The third-order valence-corrected chi connectivity index (χ3v) is 1.95. The molecule has 0 amide bonds. The van der Waals surface area contributed by atoms with E-state index in [1.165, 1.54) is 24.8 Å². The quantitative estimate of drug-likeness (QED) is 0.588. The number of allylic oxidation sites excluding steroid dienone is 1. The lowest BCUT2D eigenvalue weighted by Crippen LogP contribution is -1.73. The molecule has 0 unspecified atom stereocenters. The van der Waals surface area contributed by atoms with Crippen LogP contribution in [0.1, 0.15) is 31.7 Å². The van der Waals surface area contributed by atoms with Crippen molar-refractivity contribution in [2.24, 2.45) is 0 Å². The Labute approximate surface area is 81.3 Å². The molecule has 0 saturated carbocycles. The van der Waals surface area contributed by atoms with Gasteiger partial charge in [0.25, 0.3) is 0 Å². The van der Waals surface area contributed by atoms with E-state index in [0.717, 1.165) is 0 Å². The van der Waals surface area contributed by atoms with Gasteiger partial charge >= 0.3 is 0 Å². The van der Waals surface area contributed by atoms with Gasteiger partial charge in [-0.3, -0.25) is 0 Å². The monoisotopic (exact) mass is 173 g/mol. The first-order chi connectivity index (χ1) is 6.43. The van der Waals surface area contributed by atoms with Crippen molar-refractivity contribution in [2.45, 2.75) is 26.2 Å². The third kappa shape index (κ3) is 4.51. The van der Waals surface area contributed by atoms with Gasteiger partial charge in [0, 0.05) is 0 Å². The van der Waals surface area contributed by atoms with Crippen LogP contribution in [0.5, 0.6) is 0 Å². The third-order valence-electron chi connectivity index (χ3n) is 1.95. The molecule has 0 N–H and O–H groups in total. The molecule has 0 fully saturated rings. The van der Waals surface area contributed by atoms with E-state index in [1.807, 2.05) is 6.07 Å². The number of hydrogen-bond donors (Lipinski definition) is 0. The van der Waals surface area contributed by atoms with Crippen molar-refractivity contribution in [3.8, 4) is 0 Å². The van der Waals surface area contributed by atoms with Crippen LogP contribution < -0.4 is 0 Å². The van der Waals surface area contributed by atoms with Crippen LogP contribution in [0.15, 0.2) is 36.4 Å². The topological polar surface area (TPSA) is 0 Å². The lowest BCUT2D eigenvalue weighted by atomic mass is 10.1. The predicted octanol–water partition coefficient (Wildman–Crippen LogP) is 4.09. The van der Waals surface area contributed by atoms with E-state index < -0.39 is 0 Å². The number of hydrogen-bond acceptors (Lipinski definition) is 0. The normalized spacial score (nSPS) is 10.8. The maximum Gasteiger partial charge on any atom is -0.0167 e. The average Bonchev–Trinajstić information content (AvgIpc) is 2.19. The first-order valence-electron chi connectivity index (χ1n) is 4.98. The van der Waals surface area contributed by atoms with Crippen molar-refractivity contribution in [1.82, 2.24) is 0 Å². The minimum atomic E-state index is 1.19. The molecule has 1 radical (unpaired) electrons. The first-order valence-corrected chi connectivity index (χ1v) is 4.98. The Morgan fingerprint density at radius 2 is 1.92 bits per heavy atom. The zero-order valence-electron chi connectivity index (χ0n) is 8.24. The molecule has 69 valence electrons. The van der Waals surface area contributed by atoms with Gasteiger partial charge in [0.2, 0.25) is 0 Å². The summed E-state index contributed by atoms with van der Waals surface area (Å²) in [4.78, 5) is 0. The number of unbranched alkanes of at least 4 members (excludes halogenated alkanes) is 3. The van der Waals surface area contributed by atoms with Crippen LogP contribution in [0.4, 0.5) is 0 Å². The van der Waals surface area contributed by atoms with E-state index >= 15 is 0 Å². The van der Waals surface area contributed by atoms with Crippen molar-refractivity contribution in [2.75, 3.05) is 0 Å². The second-order valence-corrected chi connectivity index (χ2v) is 3.15. The molecule has 0 aromatic heterocycles. The van der Waals surface area contributed by atoms with Crippen LogP contribution in [0.3, 0.4) is 0 Å². The highest BCUT2D eigenvalue weighted by molar-refractivity contribution is 5.49. The van der Waals surface area contributed by atoms with Gasteiger partial charge in [-0.1, -0.05) is 62.2 Å². The molecule has 0 bridgehead atoms. The molecule has 0 heterocycles. The summed E-state index contributed by atoms with van der Waals surface area (Å²) in [5, 5.41) is 0. The Kier molecular flexibility index (Phi) is 5.00. The minimum Gasteiger partial charge on any atom is -0.0802 e. The summed E-state index contributed by atoms with van der Waals surface area (Å²) in [5.74, 6) is 0. The van der Waals surface area contributed by atoms with Crippen LogP contribution >= 0.6 is 0 Å². The largest absolute Gasteiger partial charge is 0.0802 e. The van der Waals surface area contributed by atoms with Gasteiger partial charge in [-0.15, -0.1) is 0 Å². The standard InChI is InChI=1S/C13H17/c1-2-3-4-5-7-10-13-11-8-6-9-12-13/h5-12H,2-4H2,1H3/b10-7+. The summed E-state index contributed by atoms with van der Waals surface area (Å²) in [6.07, 6.45) is 10.3. The molecule has 1 aromatic rings. The van der Waals surface area contributed by atoms with E-state index in [1.54, 1.807) is 0 Å². The molecule has 1 rings (SSSR count). The zero-order valence-corrected chi connectivity index (χ0v) is 8.24. The SMILES string of the molecule is CCCC[CH]/C=C/c1ccccc1. The Bertz CT molecular complexity index is 233. The summed E-state index contributed by atoms with van der Waals surface area (Å²) in [6, 6.07) is 10.4. The van der Waals surface area contributed by atoms with Gasteiger partial charge in [0.15, 0.2) is 0 Å². The minimum absolute atomic E-state index is 1.19. The van der Waals surface area contributed by atoms with Crippen molar-refractivity contribution >= 4 is 6.08 Å². The summed E-state index contributed by atoms with van der Waals surface area (Å²) < 4.78 is 0. The molecule has 0 spiro atoms. The molecule has 0 atom stereocenters. The van der Waals surface area contributed by atoms with E-state index in [0.29, 0.717) is 0 Å². The molecule has 0 heteroatoms. The molecular formula is C13H17. The van der Waals surface area contributed by atoms with Gasteiger partial charge in [-0.2, -0.15) is 0 Å². The summed E-state index contributed by atoms with van der Waals surface area (Å²) in [7, 11) is 0. The molecule has 0 aliphatic heterocycles. The highest BCUT2D eigenvalue weighted by atomic mass is 13.9.